The van der Waals surface area contributed by atoms with Crippen LogP contribution in [0.2, 0.25) is 0 Å². The number of halogens is 1. The van der Waals surface area contributed by atoms with Gasteiger partial charge in [0.1, 0.15) is 0 Å². The van der Waals surface area contributed by atoms with Gasteiger partial charge in [-0.25, -0.2) is 22.5 Å². The molecule has 1 aromatic rings. The molecule has 0 spiro atoms. The van der Waals surface area contributed by atoms with E-state index in [1.54, 1.807) is 11.8 Å². The second kappa shape index (κ2) is 4.55. The number of thioether (sulfide) groups is 1. The van der Waals surface area contributed by atoms with E-state index in [4.69, 9.17) is 0 Å². The minimum Gasteiger partial charge on any atom is -0.241 e. The molecule has 1 N–H and O–H groups in total. The Kier molecular flexibility index (Phi) is 3.42. The smallest absolute Gasteiger partial charge is 0.241 e. The number of nitrogens with zero attached hydrogens (tertiary/aromatic N) is 1. The van der Waals surface area contributed by atoms with E-state index in [-0.39, 0.29) is 4.75 Å². The van der Waals surface area contributed by atoms with Crippen molar-refractivity contribution in [2.75, 3.05) is 12.8 Å². The molecule has 0 radical (unpaired) electrons. The first kappa shape index (κ1) is 12.8. The van der Waals surface area contributed by atoms with Crippen LogP contribution in [0.1, 0.15) is 12.8 Å². The van der Waals surface area contributed by atoms with Gasteiger partial charge in [-0.2, -0.15) is 11.8 Å². The van der Waals surface area contributed by atoms with Gasteiger partial charge in [-0.05, 0) is 31.2 Å². The van der Waals surface area contributed by atoms with E-state index in [9.17, 15) is 12.8 Å². The molecule has 0 bridgehead atoms. The van der Waals surface area contributed by atoms with Gasteiger partial charge in [0.05, 0.1) is 0 Å². The van der Waals surface area contributed by atoms with Gasteiger partial charge in [0.25, 0.3) is 10.0 Å². The Balaban J connectivity index is 2.12. The van der Waals surface area contributed by atoms with Crippen LogP contribution in [0.5, 0.6) is 0 Å². The summed E-state index contributed by atoms with van der Waals surface area (Å²) in [7, 11) is -3.84. The average molecular weight is 276 g/mol. The summed E-state index contributed by atoms with van der Waals surface area (Å²) in [6.45, 7) is 0.326. The lowest BCUT2D eigenvalue weighted by molar-refractivity contribution is 0.543. The van der Waals surface area contributed by atoms with E-state index in [2.05, 4.69) is 9.71 Å². The number of pyridine rings is 1. The first-order valence-electron chi connectivity index (χ1n) is 5.14. The largest absolute Gasteiger partial charge is 0.261 e. The van der Waals surface area contributed by atoms with Gasteiger partial charge in [-0.3, -0.25) is 0 Å². The fourth-order valence-corrected chi connectivity index (χ4v) is 3.40. The molecule has 0 saturated heterocycles. The van der Waals surface area contributed by atoms with Gasteiger partial charge >= 0.3 is 0 Å². The van der Waals surface area contributed by atoms with Gasteiger partial charge in [0, 0.05) is 17.5 Å². The van der Waals surface area contributed by atoms with Crippen LogP contribution in [0.3, 0.4) is 0 Å². The summed E-state index contributed by atoms with van der Waals surface area (Å²) in [4.78, 5) is 3.56. The molecule has 0 amide bonds. The number of rotatable bonds is 5. The highest BCUT2D eigenvalue weighted by Gasteiger charge is 2.42. The quantitative estimate of drug-likeness (QED) is 0.883. The van der Waals surface area contributed by atoms with E-state index < -0.39 is 20.9 Å². The van der Waals surface area contributed by atoms with Crippen LogP contribution in [0.25, 0.3) is 0 Å². The Morgan fingerprint density at radius 1 is 1.59 bits per heavy atom. The maximum Gasteiger partial charge on any atom is 0.261 e. The topological polar surface area (TPSA) is 59.1 Å². The zero-order chi connectivity index (χ0) is 12.5. The van der Waals surface area contributed by atoms with Crippen LogP contribution in [-0.2, 0) is 10.0 Å². The molecule has 1 aliphatic carbocycles. The standard InChI is InChI=1S/C10H13FN2O2S2/c1-16-10(4-5-10)7-13-17(14,15)9-8(11)3-2-6-12-9/h2-3,6,13H,4-5,7H2,1H3. The summed E-state index contributed by atoms with van der Waals surface area (Å²) < 4.78 is 39.4. The van der Waals surface area contributed by atoms with Gasteiger partial charge in [-0.15, -0.1) is 0 Å². The van der Waals surface area contributed by atoms with E-state index in [1.165, 1.54) is 12.3 Å². The number of hydrogen-bond acceptors (Lipinski definition) is 4. The minimum absolute atomic E-state index is 0.00166. The molecule has 0 unspecified atom stereocenters. The lowest BCUT2D eigenvalue weighted by Gasteiger charge is -2.13. The number of nitrogens with one attached hydrogen (secondary N) is 1. The van der Waals surface area contributed by atoms with E-state index in [0.717, 1.165) is 18.9 Å². The summed E-state index contributed by atoms with van der Waals surface area (Å²) in [5, 5.41) is -0.531. The molecule has 1 saturated carbocycles. The molecule has 1 heterocycles. The van der Waals surface area contributed by atoms with E-state index in [1.807, 2.05) is 6.26 Å². The van der Waals surface area contributed by atoms with Crippen molar-refractivity contribution in [3.8, 4) is 0 Å². The van der Waals surface area contributed by atoms with Crippen LogP contribution in [0.15, 0.2) is 23.4 Å². The fraction of sp³-hybridized carbons (Fsp3) is 0.500. The van der Waals surface area contributed by atoms with Crippen LogP contribution >= 0.6 is 11.8 Å². The van der Waals surface area contributed by atoms with Crippen LogP contribution in [0.4, 0.5) is 4.39 Å². The maximum atomic E-state index is 13.3. The highest BCUT2D eigenvalue weighted by Crippen LogP contribution is 2.46. The van der Waals surface area contributed by atoms with Crippen LogP contribution < -0.4 is 4.72 Å². The molecule has 1 aliphatic rings. The SMILES string of the molecule is CSC1(CNS(=O)(=O)c2ncccc2F)CC1. The Morgan fingerprint density at radius 2 is 2.29 bits per heavy atom. The lowest BCUT2D eigenvalue weighted by atomic mass is 10.4. The third kappa shape index (κ3) is 2.78. The van der Waals surface area contributed by atoms with Crippen molar-refractivity contribution >= 4 is 21.8 Å². The zero-order valence-electron chi connectivity index (χ0n) is 9.31. The lowest BCUT2D eigenvalue weighted by Crippen LogP contribution is -2.32. The summed E-state index contributed by atoms with van der Waals surface area (Å²) in [6, 6.07) is 2.45. The van der Waals surface area contributed by atoms with Crippen molar-refractivity contribution < 1.29 is 12.8 Å². The van der Waals surface area contributed by atoms with Crippen molar-refractivity contribution in [2.45, 2.75) is 22.6 Å². The summed E-state index contributed by atoms with van der Waals surface area (Å²) in [5.74, 6) is -0.825. The average Bonchev–Trinajstić information content (AvgIpc) is 3.08. The Morgan fingerprint density at radius 3 is 2.82 bits per heavy atom. The molecule has 7 heteroatoms. The van der Waals surface area contributed by atoms with E-state index in [0.29, 0.717) is 6.54 Å². The highest BCUT2D eigenvalue weighted by molar-refractivity contribution is 8.00. The third-order valence-electron chi connectivity index (χ3n) is 2.80. The molecule has 17 heavy (non-hydrogen) atoms. The third-order valence-corrected chi connectivity index (χ3v) is 5.56. The Labute approximate surface area is 104 Å². The van der Waals surface area contributed by atoms with Gasteiger partial charge in [-0.1, -0.05) is 0 Å². The second-order valence-corrected chi connectivity index (χ2v) is 6.96. The molecule has 4 nitrogen and oxygen atoms in total. The number of aromatic nitrogens is 1. The summed E-state index contributed by atoms with van der Waals surface area (Å²) in [5.41, 5.74) is 0. The van der Waals surface area contributed by atoms with Crippen molar-refractivity contribution in [3.63, 3.8) is 0 Å². The van der Waals surface area contributed by atoms with E-state index >= 15 is 0 Å². The molecule has 0 atom stereocenters. The van der Waals surface area contributed by atoms with Crippen molar-refractivity contribution in [1.29, 1.82) is 0 Å². The first-order valence-corrected chi connectivity index (χ1v) is 7.85. The Hall–Kier alpha value is -0.660. The molecule has 1 fully saturated rings. The predicted octanol–water partition coefficient (Wildman–Crippen LogP) is 1.39. The second-order valence-electron chi connectivity index (χ2n) is 4.00. The summed E-state index contributed by atoms with van der Waals surface area (Å²) >= 11 is 1.64. The fourth-order valence-electron chi connectivity index (χ4n) is 1.46. The minimum atomic E-state index is -3.84. The molecular formula is C10H13FN2O2S2. The van der Waals surface area contributed by atoms with Crippen LogP contribution in [0, 0.1) is 5.82 Å². The normalized spacial score (nSPS) is 18.0. The monoisotopic (exact) mass is 276 g/mol. The van der Waals surface area contributed by atoms with Crippen LogP contribution in [-0.4, -0.2) is 30.9 Å². The summed E-state index contributed by atoms with van der Waals surface area (Å²) in [6.07, 6.45) is 5.19. The molecule has 94 valence electrons. The van der Waals surface area contributed by atoms with Gasteiger partial charge < -0.3 is 0 Å². The first-order chi connectivity index (χ1) is 7.99. The predicted molar refractivity (Wildman–Crippen MR) is 64.9 cm³/mol. The maximum absolute atomic E-state index is 13.3. The zero-order valence-corrected chi connectivity index (χ0v) is 10.9. The number of hydrogen-bond donors (Lipinski definition) is 1. The molecular weight excluding hydrogens is 263 g/mol. The van der Waals surface area contributed by atoms with Crippen molar-refractivity contribution in [1.82, 2.24) is 9.71 Å². The van der Waals surface area contributed by atoms with Gasteiger partial charge in [0.15, 0.2) is 5.82 Å². The molecule has 0 aliphatic heterocycles. The highest BCUT2D eigenvalue weighted by atomic mass is 32.2. The van der Waals surface area contributed by atoms with Gasteiger partial charge in [0.2, 0.25) is 5.03 Å². The molecule has 0 aromatic carbocycles. The Bertz CT molecular complexity index is 515. The molecule has 2 rings (SSSR count). The molecule has 1 aromatic heterocycles. The van der Waals surface area contributed by atoms with Crippen molar-refractivity contribution in [2.24, 2.45) is 0 Å². The van der Waals surface area contributed by atoms with Crippen molar-refractivity contribution in [3.05, 3.63) is 24.1 Å². The number of sulfonamides is 1.